The van der Waals surface area contributed by atoms with Crippen LogP contribution in [0.1, 0.15) is 79.7 Å². The van der Waals surface area contributed by atoms with Gasteiger partial charge in [-0.15, -0.1) is 0 Å². The third kappa shape index (κ3) is 6.32. The molecule has 0 saturated heterocycles. The smallest absolute Gasteiger partial charge is 0.127 e. The van der Waals surface area contributed by atoms with Gasteiger partial charge in [-0.1, -0.05) is 64.0 Å². The lowest BCUT2D eigenvalue weighted by Gasteiger charge is -2.20. The summed E-state index contributed by atoms with van der Waals surface area (Å²) in [5, 5.41) is 0. The summed E-state index contributed by atoms with van der Waals surface area (Å²) in [4.78, 5) is 0. The van der Waals surface area contributed by atoms with E-state index in [2.05, 4.69) is 38.6 Å². The molecule has 3 heteroatoms. The number of thioether (sulfide) groups is 1. The first-order chi connectivity index (χ1) is 15.0. The molecule has 1 aliphatic rings. The number of halogens is 2. The average molecular weight is 441 g/mol. The molecule has 1 atom stereocenters. The Morgan fingerprint density at radius 1 is 1.06 bits per heavy atom. The minimum atomic E-state index is -0.329. The van der Waals surface area contributed by atoms with E-state index in [1.165, 1.54) is 36.1 Å². The van der Waals surface area contributed by atoms with E-state index in [4.69, 9.17) is 0 Å². The Kier molecular flexibility index (Phi) is 8.95. The molecule has 4 bridgehead atoms. The molecule has 0 saturated carbocycles. The normalized spacial score (nSPS) is 19.3. The summed E-state index contributed by atoms with van der Waals surface area (Å²) < 4.78 is 29.6. The predicted octanol–water partition coefficient (Wildman–Crippen LogP) is 8.80. The molecule has 1 unspecified atom stereocenters. The monoisotopic (exact) mass is 440 g/mol. The van der Waals surface area contributed by atoms with Crippen LogP contribution in [0.25, 0.3) is 5.57 Å². The summed E-state index contributed by atoms with van der Waals surface area (Å²) in [7, 11) is 0. The van der Waals surface area contributed by atoms with Crippen molar-refractivity contribution < 1.29 is 8.78 Å². The highest BCUT2D eigenvalue weighted by Crippen LogP contribution is 2.37. The van der Waals surface area contributed by atoms with Crippen LogP contribution in [0.4, 0.5) is 8.78 Å². The lowest BCUT2D eigenvalue weighted by atomic mass is 9.85. The maximum absolute atomic E-state index is 15.1. The van der Waals surface area contributed by atoms with Crippen LogP contribution >= 0.6 is 11.8 Å². The molecule has 0 amide bonds. The van der Waals surface area contributed by atoms with Gasteiger partial charge in [-0.3, -0.25) is 0 Å². The van der Waals surface area contributed by atoms with Gasteiger partial charge in [0.25, 0.3) is 0 Å². The molecular formula is C28H34F2S. The number of aryl methyl sites for hydroxylation is 2. The van der Waals surface area contributed by atoms with Crippen molar-refractivity contribution in [1.29, 1.82) is 0 Å². The number of hydrogen-bond acceptors (Lipinski definition) is 1. The Balaban J connectivity index is 2.12. The van der Waals surface area contributed by atoms with E-state index in [9.17, 15) is 4.39 Å². The molecule has 1 aliphatic carbocycles. The van der Waals surface area contributed by atoms with Crippen LogP contribution in [0.3, 0.4) is 0 Å². The molecule has 0 fully saturated rings. The predicted molar refractivity (Wildman–Crippen MR) is 132 cm³/mol. The van der Waals surface area contributed by atoms with Crippen LogP contribution < -0.4 is 0 Å². The van der Waals surface area contributed by atoms with Crippen molar-refractivity contribution in [3.8, 4) is 0 Å². The maximum Gasteiger partial charge on any atom is 0.127 e. The zero-order valence-corrected chi connectivity index (χ0v) is 19.7. The molecule has 0 nitrogen and oxygen atoms in total. The Labute approximate surface area is 190 Å². The van der Waals surface area contributed by atoms with E-state index < -0.39 is 0 Å². The third-order valence-electron chi connectivity index (χ3n) is 6.19. The van der Waals surface area contributed by atoms with Crippen LogP contribution in [0.2, 0.25) is 0 Å². The molecule has 2 aromatic rings. The molecule has 0 spiro atoms. The summed E-state index contributed by atoms with van der Waals surface area (Å²) >= 11 is 1.91. The van der Waals surface area contributed by atoms with Gasteiger partial charge in [0.1, 0.15) is 11.6 Å². The van der Waals surface area contributed by atoms with E-state index in [-0.39, 0.29) is 17.6 Å². The minimum absolute atomic E-state index is 0.147. The molecule has 2 aromatic carbocycles. The summed E-state index contributed by atoms with van der Waals surface area (Å²) in [6.07, 6.45) is 8.61. The zero-order valence-electron chi connectivity index (χ0n) is 18.9. The highest BCUT2D eigenvalue weighted by Gasteiger charge is 2.20. The maximum atomic E-state index is 15.1. The number of benzene rings is 2. The molecule has 0 heterocycles. The lowest BCUT2D eigenvalue weighted by molar-refractivity contribution is 0.582. The van der Waals surface area contributed by atoms with Crippen LogP contribution in [0, 0.1) is 5.82 Å². The number of rotatable bonds is 4. The quantitative estimate of drug-likeness (QED) is 0.458. The SMILES string of the molecule is C=C/C(F)=C1/c2ccc(F)c(c2)CCCCCCCc2cc(CSCC)cc(c2)C1C. The van der Waals surface area contributed by atoms with Crippen LogP contribution in [0.5, 0.6) is 0 Å². The van der Waals surface area contributed by atoms with Crippen molar-refractivity contribution in [2.75, 3.05) is 5.75 Å². The van der Waals surface area contributed by atoms with Gasteiger partial charge in [0.15, 0.2) is 0 Å². The van der Waals surface area contributed by atoms with E-state index >= 15 is 4.39 Å². The van der Waals surface area contributed by atoms with Crippen LogP contribution in [0.15, 0.2) is 54.9 Å². The van der Waals surface area contributed by atoms with Gasteiger partial charge in [-0.2, -0.15) is 11.8 Å². The van der Waals surface area contributed by atoms with Gasteiger partial charge >= 0.3 is 0 Å². The summed E-state index contributed by atoms with van der Waals surface area (Å²) in [5.41, 5.74) is 5.79. The Morgan fingerprint density at radius 2 is 1.81 bits per heavy atom. The fourth-order valence-electron chi connectivity index (χ4n) is 4.47. The van der Waals surface area contributed by atoms with Crippen molar-refractivity contribution in [2.45, 2.75) is 70.5 Å². The van der Waals surface area contributed by atoms with Crippen LogP contribution in [-0.4, -0.2) is 5.75 Å². The van der Waals surface area contributed by atoms with E-state index in [1.807, 2.05) is 17.8 Å². The number of hydrogen-bond donors (Lipinski definition) is 0. The fraction of sp³-hybridized carbons (Fsp3) is 0.429. The molecule has 31 heavy (non-hydrogen) atoms. The Hall–Kier alpha value is -1.87. The van der Waals surface area contributed by atoms with Gasteiger partial charge in [0.05, 0.1) is 0 Å². The zero-order chi connectivity index (χ0) is 22.2. The highest BCUT2D eigenvalue weighted by atomic mass is 32.2. The average Bonchev–Trinajstić information content (AvgIpc) is 2.78. The standard InChI is InChI=1S/C28H34F2S/c1-4-26(29)28-20(3)25-16-21(15-22(17-25)19-31-5-2)11-9-7-6-8-10-12-23-18-24(28)13-14-27(23)30/h4,13-18,20H,1,5-12,19H2,2-3H3/b28-26-. The van der Waals surface area contributed by atoms with Crippen LogP contribution in [-0.2, 0) is 18.6 Å². The molecule has 0 aliphatic heterocycles. The van der Waals surface area contributed by atoms with Crippen molar-refractivity contribution in [1.82, 2.24) is 0 Å². The van der Waals surface area contributed by atoms with E-state index in [0.717, 1.165) is 48.3 Å². The van der Waals surface area contributed by atoms with Gasteiger partial charge in [0.2, 0.25) is 0 Å². The largest absolute Gasteiger partial charge is 0.207 e. The number of allylic oxidation sites excluding steroid dienone is 3. The highest BCUT2D eigenvalue weighted by molar-refractivity contribution is 7.98. The molecule has 3 rings (SSSR count). The molecule has 166 valence electrons. The first-order valence-electron chi connectivity index (χ1n) is 11.5. The van der Waals surface area contributed by atoms with Crippen molar-refractivity contribution in [3.05, 3.63) is 88.5 Å². The first kappa shape index (κ1) is 23.8. The lowest BCUT2D eigenvalue weighted by Crippen LogP contribution is -2.04. The first-order valence-corrected chi connectivity index (χ1v) is 12.7. The second kappa shape index (κ2) is 11.7. The molecule has 0 aromatic heterocycles. The summed E-state index contributed by atoms with van der Waals surface area (Å²) in [5.74, 6) is 1.37. The third-order valence-corrected chi connectivity index (χ3v) is 7.13. The molecule has 0 N–H and O–H groups in total. The van der Waals surface area contributed by atoms with Gasteiger partial charge in [0, 0.05) is 17.2 Å². The van der Waals surface area contributed by atoms with Crippen molar-refractivity contribution in [2.24, 2.45) is 0 Å². The van der Waals surface area contributed by atoms with Gasteiger partial charge < -0.3 is 0 Å². The topological polar surface area (TPSA) is 0 Å². The summed E-state index contributed by atoms with van der Waals surface area (Å²) in [6, 6.07) is 11.8. The van der Waals surface area contributed by atoms with Crippen molar-refractivity contribution >= 4 is 17.3 Å². The second-order valence-corrected chi connectivity index (χ2v) is 9.76. The van der Waals surface area contributed by atoms with Crippen molar-refractivity contribution in [3.63, 3.8) is 0 Å². The minimum Gasteiger partial charge on any atom is -0.207 e. The Bertz CT molecular complexity index is 929. The molecular weight excluding hydrogens is 406 g/mol. The Morgan fingerprint density at radius 3 is 2.55 bits per heavy atom. The number of fused-ring (bicyclic) bond motifs is 4. The second-order valence-electron chi connectivity index (χ2n) is 8.48. The van der Waals surface area contributed by atoms with E-state index in [1.54, 1.807) is 6.07 Å². The van der Waals surface area contributed by atoms with E-state index in [0.29, 0.717) is 17.6 Å². The van der Waals surface area contributed by atoms with Gasteiger partial charge in [-0.25, -0.2) is 8.78 Å². The summed E-state index contributed by atoms with van der Waals surface area (Å²) in [6.45, 7) is 7.90. The molecule has 0 radical (unpaired) electrons. The van der Waals surface area contributed by atoms with Gasteiger partial charge in [-0.05, 0) is 77.5 Å². The fourth-order valence-corrected chi connectivity index (χ4v) is 5.08.